The molecule has 0 aromatic carbocycles. The van der Waals surface area contributed by atoms with E-state index in [0.29, 0.717) is 0 Å². The van der Waals surface area contributed by atoms with Gasteiger partial charge in [0.15, 0.2) is 0 Å². The minimum Gasteiger partial charge on any atom is -0.464 e. The summed E-state index contributed by atoms with van der Waals surface area (Å²) in [5.41, 5.74) is 1.11. The first kappa shape index (κ1) is 8.33. The lowest BCUT2D eigenvalue weighted by atomic mass is 11.3. The molecule has 0 atom stereocenters. The van der Waals surface area contributed by atoms with Gasteiger partial charge in [-0.1, -0.05) is 0 Å². The van der Waals surface area contributed by atoms with E-state index in [4.69, 9.17) is 19.5 Å². The van der Waals surface area contributed by atoms with Gasteiger partial charge in [0, 0.05) is 0 Å². The van der Waals surface area contributed by atoms with Crippen LogP contribution in [0.25, 0.3) is 0 Å². The van der Waals surface area contributed by atoms with Crippen LogP contribution < -0.4 is 5.48 Å². The first-order valence-corrected chi connectivity index (χ1v) is 3.51. The van der Waals surface area contributed by atoms with Crippen molar-refractivity contribution < 1.29 is 28.8 Å². The standard InChI is InChI=1S/CH5NO6Si/c3-1(4)2-8-9(5,6)7/h2,5-7H,(H,3,4). The van der Waals surface area contributed by atoms with E-state index in [1.54, 1.807) is 0 Å². The Morgan fingerprint density at radius 3 is 2.00 bits per heavy atom. The topological polar surface area (TPSA) is 119 Å². The van der Waals surface area contributed by atoms with Crippen LogP contribution in [0.5, 0.6) is 0 Å². The Bertz CT molecular complexity index is 106. The van der Waals surface area contributed by atoms with Crippen LogP contribution in [0.4, 0.5) is 4.79 Å². The van der Waals surface area contributed by atoms with Crippen LogP contribution in [0.3, 0.4) is 0 Å². The van der Waals surface area contributed by atoms with Gasteiger partial charge in [-0.15, -0.1) is 0 Å². The number of amides is 1. The number of nitrogens with one attached hydrogen (secondary N) is 1. The van der Waals surface area contributed by atoms with Crippen LogP contribution in [-0.4, -0.2) is 34.6 Å². The predicted molar refractivity (Wildman–Crippen MR) is 24.7 cm³/mol. The summed E-state index contributed by atoms with van der Waals surface area (Å²) in [6.07, 6.45) is -1.62. The van der Waals surface area contributed by atoms with Crippen molar-refractivity contribution in [2.75, 3.05) is 0 Å². The average Bonchev–Trinajstić information content (AvgIpc) is 1.59. The molecule has 0 aliphatic rings. The Kier molecular flexibility index (Phi) is 2.54. The van der Waals surface area contributed by atoms with Crippen LogP contribution in [0, 0.1) is 0 Å². The molecular weight excluding hydrogens is 150 g/mol. The van der Waals surface area contributed by atoms with Crippen molar-refractivity contribution in [3.63, 3.8) is 0 Å². The summed E-state index contributed by atoms with van der Waals surface area (Å²) in [6.45, 7) is 0. The van der Waals surface area contributed by atoms with Crippen molar-refractivity contribution in [3.8, 4) is 0 Å². The minimum atomic E-state index is -4.71. The van der Waals surface area contributed by atoms with Crippen molar-refractivity contribution >= 4 is 15.1 Å². The molecule has 0 saturated heterocycles. The highest BCUT2D eigenvalue weighted by molar-refractivity contribution is 6.48. The molecule has 54 valence electrons. The van der Waals surface area contributed by atoms with Gasteiger partial charge >= 0.3 is 15.1 Å². The minimum absolute atomic E-state index is 1.11. The van der Waals surface area contributed by atoms with Crippen LogP contribution in [-0.2, 0) is 4.53 Å². The van der Waals surface area contributed by atoms with Gasteiger partial charge in [0.2, 0.25) is 0 Å². The first-order chi connectivity index (χ1) is 3.92. The molecule has 0 spiro atoms. The Hall–Kier alpha value is -0.673. The van der Waals surface area contributed by atoms with Gasteiger partial charge in [0.1, 0.15) is 0 Å². The van der Waals surface area contributed by atoms with E-state index >= 15 is 0 Å². The molecule has 0 aromatic heterocycles. The summed E-state index contributed by atoms with van der Waals surface area (Å²) in [4.78, 5) is 33.4. The molecule has 5 N–H and O–H groups in total. The summed E-state index contributed by atoms with van der Waals surface area (Å²) in [5.74, 6) is 0. The predicted octanol–water partition coefficient (Wildman–Crippen LogP) is -2.40. The zero-order chi connectivity index (χ0) is 7.49. The summed E-state index contributed by atoms with van der Waals surface area (Å²) >= 11 is 0. The smallest absolute Gasteiger partial charge is 0.464 e. The number of rotatable bonds is 2. The van der Waals surface area contributed by atoms with Gasteiger partial charge in [0.25, 0.3) is 0 Å². The maximum Gasteiger partial charge on any atom is 0.693 e. The molecule has 0 heterocycles. The number of hydroxylamine groups is 1. The third kappa shape index (κ3) is 7.33. The molecule has 1 amide bonds. The van der Waals surface area contributed by atoms with Gasteiger partial charge in [-0.3, -0.25) is 0 Å². The highest BCUT2D eigenvalue weighted by Gasteiger charge is 2.32. The molecule has 0 fully saturated rings. The van der Waals surface area contributed by atoms with Crippen LogP contribution in [0.15, 0.2) is 0 Å². The molecule has 0 aliphatic carbocycles. The highest BCUT2D eigenvalue weighted by Crippen LogP contribution is 1.82. The maximum absolute atomic E-state index is 9.50. The van der Waals surface area contributed by atoms with E-state index in [1.165, 1.54) is 0 Å². The van der Waals surface area contributed by atoms with Crippen LogP contribution in [0.2, 0.25) is 0 Å². The van der Waals surface area contributed by atoms with Crippen molar-refractivity contribution in [2.24, 2.45) is 0 Å². The Balaban J connectivity index is 3.39. The fourth-order valence-electron chi connectivity index (χ4n) is 0.112. The van der Waals surface area contributed by atoms with E-state index in [1.807, 2.05) is 0 Å². The third-order valence-corrected chi connectivity index (χ3v) is 0.651. The lowest BCUT2D eigenvalue weighted by molar-refractivity contribution is 0.0174. The normalized spacial score (nSPS) is 11.0. The van der Waals surface area contributed by atoms with E-state index < -0.39 is 15.1 Å². The van der Waals surface area contributed by atoms with Crippen LogP contribution >= 0.6 is 0 Å². The summed E-state index contributed by atoms with van der Waals surface area (Å²) in [7, 11) is -4.71. The van der Waals surface area contributed by atoms with Crippen molar-refractivity contribution in [3.05, 3.63) is 0 Å². The highest BCUT2D eigenvalue weighted by atomic mass is 28.4. The molecule has 8 heteroatoms. The molecule has 0 rings (SSSR count). The first-order valence-electron chi connectivity index (χ1n) is 1.76. The van der Waals surface area contributed by atoms with Gasteiger partial charge < -0.3 is 19.5 Å². The number of carboxylic acid groups (broad SMARTS) is 1. The van der Waals surface area contributed by atoms with Crippen molar-refractivity contribution in [2.45, 2.75) is 0 Å². The van der Waals surface area contributed by atoms with Gasteiger partial charge in [-0.05, 0) is 0 Å². The molecule has 0 radical (unpaired) electrons. The summed E-state index contributed by atoms with van der Waals surface area (Å²) < 4.78 is 3.45. The monoisotopic (exact) mass is 155 g/mol. The second kappa shape index (κ2) is 2.75. The van der Waals surface area contributed by atoms with E-state index in [2.05, 4.69) is 4.53 Å². The van der Waals surface area contributed by atoms with Gasteiger partial charge in [-0.2, -0.15) is 0 Å². The summed E-state index contributed by atoms with van der Waals surface area (Å²) in [5, 5.41) is 7.73. The summed E-state index contributed by atoms with van der Waals surface area (Å²) in [6, 6.07) is 0. The second-order valence-corrected chi connectivity index (χ2v) is 2.43. The van der Waals surface area contributed by atoms with Crippen molar-refractivity contribution in [1.29, 1.82) is 0 Å². The zero-order valence-electron chi connectivity index (χ0n) is 4.11. The zero-order valence-corrected chi connectivity index (χ0v) is 5.11. The third-order valence-electron chi connectivity index (χ3n) is 0.275. The molecule has 0 aromatic rings. The maximum atomic E-state index is 9.50. The molecule has 7 nitrogen and oxygen atoms in total. The average molecular weight is 155 g/mol. The van der Waals surface area contributed by atoms with Gasteiger partial charge in [-0.25, -0.2) is 14.8 Å². The second-order valence-electron chi connectivity index (χ2n) is 1.08. The molecule has 0 saturated carbocycles. The number of carbonyl (C=O) groups is 1. The van der Waals surface area contributed by atoms with Crippen LogP contribution in [0.1, 0.15) is 0 Å². The number of hydrogen-bond acceptors (Lipinski definition) is 5. The number of hydrogen-bond donors (Lipinski definition) is 5. The Morgan fingerprint density at radius 2 is 1.89 bits per heavy atom. The molecule has 0 bridgehead atoms. The quantitative estimate of drug-likeness (QED) is 0.224. The molecule has 0 unspecified atom stereocenters. The van der Waals surface area contributed by atoms with E-state index in [9.17, 15) is 4.79 Å². The fraction of sp³-hybridized carbons (Fsp3) is 0. The SMILES string of the molecule is O=C(O)NO[Si](O)(O)O. The van der Waals surface area contributed by atoms with Gasteiger partial charge in [0.05, 0.1) is 0 Å². The molecule has 0 aliphatic heterocycles. The Labute approximate surface area is 50.6 Å². The largest absolute Gasteiger partial charge is 0.693 e. The fourth-order valence-corrected chi connectivity index (χ4v) is 0.336. The lowest BCUT2D eigenvalue weighted by Crippen LogP contribution is -2.45. The molecular formula is CH5NO6Si. The lowest BCUT2D eigenvalue weighted by Gasteiger charge is -2.06. The van der Waals surface area contributed by atoms with E-state index in [-0.39, 0.29) is 0 Å². The molecule has 9 heavy (non-hydrogen) atoms. The Morgan fingerprint density at radius 1 is 1.44 bits per heavy atom. The van der Waals surface area contributed by atoms with E-state index in [0.717, 1.165) is 5.48 Å². The van der Waals surface area contributed by atoms with Crippen molar-refractivity contribution in [1.82, 2.24) is 5.48 Å².